The van der Waals surface area contributed by atoms with Gasteiger partial charge in [-0.3, -0.25) is 19.5 Å². The lowest BCUT2D eigenvalue weighted by molar-refractivity contribution is -0.119. The molecule has 0 N–H and O–H groups in total. The molecule has 41 heavy (non-hydrogen) atoms. The predicted octanol–water partition coefficient (Wildman–Crippen LogP) is 6.57. The number of anilines is 1. The van der Waals surface area contributed by atoms with E-state index in [2.05, 4.69) is 28.1 Å². The first kappa shape index (κ1) is 27.4. The highest BCUT2D eigenvalue weighted by atomic mass is 35.5. The van der Waals surface area contributed by atoms with Crippen molar-refractivity contribution >= 4 is 40.0 Å². The third-order valence-corrected chi connectivity index (χ3v) is 8.29. The molecular formula is C34H35ClN4O2. The molecule has 7 heteroatoms. The van der Waals surface area contributed by atoms with Crippen molar-refractivity contribution in [3.8, 4) is 0 Å². The average Bonchev–Trinajstić information content (AvgIpc) is 3.84. The van der Waals surface area contributed by atoms with Gasteiger partial charge >= 0.3 is 0 Å². The third kappa shape index (κ3) is 6.61. The molecular weight excluding hydrogens is 532 g/mol. The predicted molar refractivity (Wildman–Crippen MR) is 164 cm³/mol. The Morgan fingerprint density at radius 1 is 0.854 bits per heavy atom. The zero-order valence-corrected chi connectivity index (χ0v) is 24.0. The summed E-state index contributed by atoms with van der Waals surface area (Å²) >= 11 is 6.13. The van der Waals surface area contributed by atoms with Crippen LogP contribution in [-0.2, 0) is 17.9 Å². The fourth-order valence-electron chi connectivity index (χ4n) is 5.69. The number of fused-ring (bicyclic) bond motifs is 2. The first-order valence-electron chi connectivity index (χ1n) is 14.6. The van der Waals surface area contributed by atoms with Crippen LogP contribution in [0.4, 0.5) is 5.69 Å². The second-order valence-corrected chi connectivity index (χ2v) is 11.6. The Balaban J connectivity index is 1.31. The number of rotatable bonds is 4. The molecule has 3 aromatic carbocycles. The molecule has 1 saturated carbocycles. The molecule has 4 aromatic rings. The van der Waals surface area contributed by atoms with Crippen LogP contribution in [0.15, 0.2) is 85.1 Å². The van der Waals surface area contributed by atoms with Crippen LogP contribution in [-0.4, -0.2) is 52.8 Å². The molecule has 2 aliphatic rings. The second-order valence-electron chi connectivity index (χ2n) is 11.1. The van der Waals surface area contributed by atoms with E-state index in [1.54, 1.807) is 6.20 Å². The van der Waals surface area contributed by atoms with Crippen LogP contribution in [0, 0.1) is 5.92 Å². The second kappa shape index (κ2) is 12.4. The van der Waals surface area contributed by atoms with Crippen molar-refractivity contribution in [1.29, 1.82) is 0 Å². The summed E-state index contributed by atoms with van der Waals surface area (Å²) in [5, 5.41) is 1.68. The highest BCUT2D eigenvalue weighted by molar-refractivity contribution is 6.30. The van der Waals surface area contributed by atoms with Crippen LogP contribution in [0.1, 0.15) is 47.2 Å². The quantitative estimate of drug-likeness (QED) is 0.280. The molecule has 0 saturated heterocycles. The van der Waals surface area contributed by atoms with Gasteiger partial charge < -0.3 is 9.80 Å². The van der Waals surface area contributed by atoms with E-state index in [0.29, 0.717) is 25.2 Å². The van der Waals surface area contributed by atoms with E-state index in [4.69, 9.17) is 11.6 Å². The molecule has 2 amide bonds. The number of hydrogen-bond acceptors (Lipinski definition) is 4. The number of aromatic nitrogens is 1. The molecule has 0 spiro atoms. The van der Waals surface area contributed by atoms with E-state index >= 15 is 0 Å². The van der Waals surface area contributed by atoms with Gasteiger partial charge in [0, 0.05) is 67.5 Å². The first-order valence-corrected chi connectivity index (χ1v) is 14.9. The summed E-state index contributed by atoms with van der Waals surface area (Å²) in [7, 11) is 0. The summed E-state index contributed by atoms with van der Waals surface area (Å²) in [5.41, 5.74) is 4.58. The topological polar surface area (TPSA) is 56.8 Å². The zero-order chi connectivity index (χ0) is 28.2. The Morgan fingerprint density at radius 3 is 2.39 bits per heavy atom. The van der Waals surface area contributed by atoms with Gasteiger partial charge in [-0.1, -0.05) is 60.1 Å². The highest BCUT2D eigenvalue weighted by Crippen LogP contribution is 2.34. The monoisotopic (exact) mass is 566 g/mol. The number of amides is 2. The van der Waals surface area contributed by atoms with Crippen molar-refractivity contribution in [3.05, 3.63) is 107 Å². The maximum absolute atomic E-state index is 14.0. The zero-order valence-electron chi connectivity index (χ0n) is 23.2. The van der Waals surface area contributed by atoms with Gasteiger partial charge in [-0.2, -0.15) is 0 Å². The van der Waals surface area contributed by atoms with Gasteiger partial charge in [-0.25, -0.2) is 0 Å². The Kier molecular flexibility index (Phi) is 8.31. The van der Waals surface area contributed by atoms with Gasteiger partial charge in [0.15, 0.2) is 0 Å². The van der Waals surface area contributed by atoms with E-state index in [1.165, 1.54) is 5.56 Å². The lowest BCUT2D eigenvalue weighted by Gasteiger charge is -2.32. The molecule has 0 unspecified atom stereocenters. The van der Waals surface area contributed by atoms with Crippen LogP contribution >= 0.6 is 11.6 Å². The molecule has 0 atom stereocenters. The van der Waals surface area contributed by atoms with E-state index in [9.17, 15) is 9.59 Å². The molecule has 6 nitrogen and oxygen atoms in total. The Morgan fingerprint density at radius 2 is 1.59 bits per heavy atom. The molecule has 1 aromatic heterocycles. The van der Waals surface area contributed by atoms with Gasteiger partial charge in [-0.15, -0.1) is 0 Å². The van der Waals surface area contributed by atoms with Crippen LogP contribution in [0.3, 0.4) is 0 Å². The van der Waals surface area contributed by atoms with Crippen LogP contribution in [0.2, 0.25) is 5.02 Å². The van der Waals surface area contributed by atoms with Crippen molar-refractivity contribution in [1.82, 2.24) is 14.8 Å². The Bertz CT molecular complexity index is 1540. The smallest absolute Gasteiger partial charge is 0.255 e. The van der Waals surface area contributed by atoms with Gasteiger partial charge in [0.1, 0.15) is 0 Å². The van der Waals surface area contributed by atoms with Crippen molar-refractivity contribution in [3.63, 3.8) is 0 Å². The van der Waals surface area contributed by atoms with E-state index < -0.39 is 0 Å². The van der Waals surface area contributed by atoms with Crippen LogP contribution in [0.5, 0.6) is 0 Å². The van der Waals surface area contributed by atoms with Gasteiger partial charge in [0.2, 0.25) is 5.91 Å². The normalized spacial score (nSPS) is 17.0. The maximum Gasteiger partial charge on any atom is 0.255 e. The summed E-state index contributed by atoms with van der Waals surface area (Å²) < 4.78 is 0. The molecule has 2 heterocycles. The molecule has 1 fully saturated rings. The van der Waals surface area contributed by atoms with Crippen molar-refractivity contribution < 1.29 is 9.59 Å². The number of carbonyl (C=O) groups is 2. The lowest BCUT2D eigenvalue weighted by atomic mass is 10.1. The lowest BCUT2D eigenvalue weighted by Crippen LogP contribution is -2.39. The van der Waals surface area contributed by atoms with E-state index in [0.717, 1.165) is 72.5 Å². The summed E-state index contributed by atoms with van der Waals surface area (Å²) in [6.07, 6.45) is 5.32. The van der Waals surface area contributed by atoms with Gasteiger partial charge in [-0.05, 0) is 67.1 Å². The maximum atomic E-state index is 14.0. The Labute approximate surface area is 246 Å². The highest BCUT2D eigenvalue weighted by Gasteiger charge is 2.35. The van der Waals surface area contributed by atoms with Crippen LogP contribution < -0.4 is 4.90 Å². The van der Waals surface area contributed by atoms with Crippen molar-refractivity contribution in [2.45, 2.75) is 38.8 Å². The molecule has 0 bridgehead atoms. The summed E-state index contributed by atoms with van der Waals surface area (Å²) in [6.45, 7) is 4.21. The summed E-state index contributed by atoms with van der Waals surface area (Å²) in [5.74, 6) is 0.275. The molecule has 6 rings (SSSR count). The molecule has 1 aliphatic heterocycles. The number of para-hydroxylation sites is 2. The average molecular weight is 567 g/mol. The molecule has 0 radical (unpaired) electrons. The summed E-state index contributed by atoms with van der Waals surface area (Å²) in [6, 6.07) is 25.9. The molecule has 210 valence electrons. The van der Waals surface area contributed by atoms with E-state index in [-0.39, 0.29) is 17.7 Å². The molecule has 1 aliphatic carbocycles. The summed E-state index contributed by atoms with van der Waals surface area (Å²) in [4.78, 5) is 38.4. The minimum absolute atomic E-state index is 0.0422. The number of halogens is 1. The standard InChI is InChI=1S/C34H35ClN4O2/c35-30-15-11-25(12-16-30)23-37-17-5-19-38(33(40)29-21-27-7-1-3-9-31(27)36-22-29)24-28-8-2-4-10-32(28)39(20-6-18-37)34(41)26-13-14-26/h1-4,7-12,15-16,21-22,26H,5-6,13-14,17-20,23-24H2. The SMILES string of the molecule is O=C(c1cnc2ccccc2c1)N1CCCN(Cc2ccc(Cl)cc2)CCCN(C(=O)C2CC2)c2ccccc2C1. The van der Waals surface area contributed by atoms with Gasteiger partial charge in [0.05, 0.1) is 11.1 Å². The fraction of sp³-hybridized carbons (Fsp3) is 0.324. The van der Waals surface area contributed by atoms with Gasteiger partial charge in [0.25, 0.3) is 5.91 Å². The third-order valence-electron chi connectivity index (χ3n) is 8.04. The first-order chi connectivity index (χ1) is 20.0. The Hall–Kier alpha value is -3.74. The van der Waals surface area contributed by atoms with Crippen molar-refractivity contribution in [2.75, 3.05) is 31.1 Å². The largest absolute Gasteiger partial charge is 0.334 e. The minimum Gasteiger partial charge on any atom is -0.334 e. The fourth-order valence-corrected chi connectivity index (χ4v) is 5.82. The minimum atomic E-state index is -0.0422. The number of carbonyl (C=O) groups excluding carboxylic acids is 2. The number of nitrogens with zero attached hydrogens (tertiary/aromatic N) is 4. The van der Waals surface area contributed by atoms with Crippen LogP contribution in [0.25, 0.3) is 10.9 Å². The number of pyridine rings is 1. The van der Waals surface area contributed by atoms with Crippen molar-refractivity contribution in [2.24, 2.45) is 5.92 Å². The number of hydrogen-bond donors (Lipinski definition) is 0. The number of benzene rings is 3. The van der Waals surface area contributed by atoms with E-state index in [1.807, 2.05) is 70.5 Å².